The topological polar surface area (TPSA) is 66.5 Å². The van der Waals surface area contributed by atoms with Gasteiger partial charge in [-0.2, -0.15) is 0 Å². The van der Waals surface area contributed by atoms with Gasteiger partial charge in [-0.25, -0.2) is 8.42 Å². The predicted octanol–water partition coefficient (Wildman–Crippen LogP) is 6.16. The van der Waals surface area contributed by atoms with Gasteiger partial charge in [-0.1, -0.05) is 48.5 Å². The Morgan fingerprint density at radius 3 is 2.37 bits per heavy atom. The monoisotopic (exact) mass is 512 g/mol. The van der Waals surface area contributed by atoms with E-state index < -0.39 is 10.0 Å². The van der Waals surface area contributed by atoms with E-state index in [1.165, 1.54) is 44.0 Å². The Morgan fingerprint density at radius 1 is 1.07 bits per heavy atom. The van der Waals surface area contributed by atoms with Crippen molar-refractivity contribution >= 4 is 55.0 Å². The number of benzene rings is 2. The molecule has 1 N–H and O–H groups in total. The van der Waals surface area contributed by atoms with Crippen LogP contribution in [0.3, 0.4) is 0 Å². The minimum atomic E-state index is -3.49. The number of nitrogens with one attached hydrogen (secondary N) is 1. The van der Waals surface area contributed by atoms with Gasteiger partial charge >= 0.3 is 0 Å². The van der Waals surface area contributed by atoms with Crippen molar-refractivity contribution in [3.8, 4) is 0 Å². The molecular weight excluding hydrogens is 484 g/mol. The predicted molar refractivity (Wildman–Crippen MR) is 131 cm³/mol. The molecule has 8 heteroatoms. The standard InChI is InChI=1S/C22H29BrN2O3S2/c1-4-5-6-7-8-15-29-19-12-10-18(11-13-19)24-22(26)20-14-9-17(23)16-21(20)25(2)30(3,27)28/h9-14,16H,4-8,15H2,1-3H3,(H,24,26). The van der Waals surface area contributed by atoms with Crippen LogP contribution >= 0.6 is 27.7 Å². The van der Waals surface area contributed by atoms with Crippen molar-refractivity contribution in [2.45, 2.75) is 43.9 Å². The first-order valence-electron chi connectivity index (χ1n) is 10.00. The number of rotatable bonds is 11. The van der Waals surface area contributed by atoms with E-state index in [0.717, 1.165) is 16.3 Å². The molecule has 0 aliphatic carbocycles. The highest BCUT2D eigenvalue weighted by Gasteiger charge is 2.20. The number of anilines is 2. The number of carbonyl (C=O) groups excluding carboxylic acids is 1. The van der Waals surface area contributed by atoms with Crippen molar-refractivity contribution in [1.29, 1.82) is 0 Å². The zero-order valence-electron chi connectivity index (χ0n) is 17.7. The molecule has 0 saturated heterocycles. The second-order valence-corrected chi connectivity index (χ2v) is 11.2. The molecule has 0 aliphatic heterocycles. The van der Waals surface area contributed by atoms with Crippen molar-refractivity contribution in [3.63, 3.8) is 0 Å². The SMILES string of the molecule is CCCCCCCSc1ccc(NC(=O)c2ccc(Br)cc2N(C)S(C)(=O)=O)cc1. The fourth-order valence-electron chi connectivity index (χ4n) is 2.86. The molecule has 0 aromatic heterocycles. The molecule has 2 aromatic carbocycles. The zero-order valence-corrected chi connectivity index (χ0v) is 20.9. The molecule has 0 bridgehead atoms. The van der Waals surface area contributed by atoms with Crippen molar-refractivity contribution in [3.05, 3.63) is 52.5 Å². The molecular formula is C22H29BrN2O3S2. The fraction of sp³-hybridized carbons (Fsp3) is 0.409. The molecule has 0 unspecified atom stereocenters. The van der Waals surface area contributed by atoms with Crippen LogP contribution < -0.4 is 9.62 Å². The summed E-state index contributed by atoms with van der Waals surface area (Å²) in [5.41, 5.74) is 1.28. The Balaban J connectivity index is 2.01. The zero-order chi connectivity index (χ0) is 22.1. The average Bonchev–Trinajstić information content (AvgIpc) is 2.70. The van der Waals surface area contributed by atoms with Crippen LogP contribution in [0, 0.1) is 0 Å². The minimum absolute atomic E-state index is 0.289. The Bertz CT molecular complexity index is 947. The van der Waals surface area contributed by atoms with Crippen molar-refractivity contribution in [1.82, 2.24) is 0 Å². The van der Waals surface area contributed by atoms with E-state index in [1.54, 1.807) is 18.2 Å². The van der Waals surface area contributed by atoms with Gasteiger partial charge in [-0.15, -0.1) is 11.8 Å². The number of hydrogen-bond acceptors (Lipinski definition) is 4. The lowest BCUT2D eigenvalue weighted by Gasteiger charge is -2.20. The van der Waals surface area contributed by atoms with Gasteiger partial charge in [0.25, 0.3) is 5.91 Å². The number of thioether (sulfide) groups is 1. The highest BCUT2D eigenvalue weighted by Crippen LogP contribution is 2.27. The highest BCUT2D eigenvalue weighted by atomic mass is 79.9. The van der Waals surface area contributed by atoms with E-state index in [1.807, 2.05) is 36.0 Å². The van der Waals surface area contributed by atoms with Gasteiger partial charge < -0.3 is 5.32 Å². The van der Waals surface area contributed by atoms with Crippen LogP contribution in [-0.2, 0) is 10.0 Å². The van der Waals surface area contributed by atoms with E-state index >= 15 is 0 Å². The van der Waals surface area contributed by atoms with Gasteiger partial charge in [0.2, 0.25) is 10.0 Å². The third kappa shape index (κ3) is 7.63. The summed E-state index contributed by atoms with van der Waals surface area (Å²) in [7, 11) is -2.06. The Hall–Kier alpha value is -1.51. The third-order valence-electron chi connectivity index (χ3n) is 4.67. The molecule has 2 rings (SSSR count). The van der Waals surface area contributed by atoms with Crippen LogP contribution in [0.5, 0.6) is 0 Å². The van der Waals surface area contributed by atoms with Gasteiger partial charge in [0.15, 0.2) is 0 Å². The summed E-state index contributed by atoms with van der Waals surface area (Å²) >= 11 is 5.16. The normalized spacial score (nSPS) is 11.3. The summed E-state index contributed by atoms with van der Waals surface area (Å²) in [6.07, 6.45) is 7.45. The number of halogens is 1. The van der Waals surface area contributed by atoms with Gasteiger partial charge in [-0.3, -0.25) is 9.10 Å². The van der Waals surface area contributed by atoms with Gasteiger partial charge in [0.1, 0.15) is 0 Å². The smallest absolute Gasteiger partial charge is 0.257 e. The van der Waals surface area contributed by atoms with Crippen LogP contribution in [0.2, 0.25) is 0 Å². The van der Waals surface area contributed by atoms with Crippen molar-refractivity contribution < 1.29 is 13.2 Å². The average molecular weight is 514 g/mol. The summed E-state index contributed by atoms with van der Waals surface area (Å²) in [5.74, 6) is 0.736. The highest BCUT2D eigenvalue weighted by molar-refractivity contribution is 9.10. The largest absolute Gasteiger partial charge is 0.322 e. The molecule has 0 fully saturated rings. The van der Waals surface area contributed by atoms with Crippen molar-refractivity contribution in [2.24, 2.45) is 0 Å². The maximum atomic E-state index is 12.8. The quantitative estimate of drug-likeness (QED) is 0.289. The minimum Gasteiger partial charge on any atom is -0.322 e. The Kier molecular flexibility index (Phi) is 9.71. The number of sulfonamides is 1. The second-order valence-electron chi connectivity index (χ2n) is 7.13. The Morgan fingerprint density at radius 2 is 1.73 bits per heavy atom. The number of hydrogen-bond donors (Lipinski definition) is 1. The number of unbranched alkanes of at least 4 members (excludes halogenated alkanes) is 4. The molecule has 0 radical (unpaired) electrons. The van der Waals surface area contributed by atoms with E-state index in [9.17, 15) is 13.2 Å². The summed E-state index contributed by atoms with van der Waals surface area (Å²) in [6, 6.07) is 12.7. The first-order chi connectivity index (χ1) is 14.2. The van der Waals surface area contributed by atoms with Gasteiger partial charge in [0.05, 0.1) is 17.5 Å². The van der Waals surface area contributed by atoms with Gasteiger partial charge in [0, 0.05) is 22.1 Å². The molecule has 0 aliphatic rings. The molecule has 0 spiro atoms. The van der Waals surface area contributed by atoms with E-state index in [2.05, 4.69) is 28.2 Å². The Labute approximate surface area is 192 Å². The number of carbonyl (C=O) groups is 1. The number of amides is 1. The first kappa shape index (κ1) is 24.8. The van der Waals surface area contributed by atoms with Crippen LogP contribution in [0.4, 0.5) is 11.4 Å². The molecule has 30 heavy (non-hydrogen) atoms. The lowest BCUT2D eigenvalue weighted by Crippen LogP contribution is -2.27. The molecule has 5 nitrogen and oxygen atoms in total. The van der Waals surface area contributed by atoms with Crippen LogP contribution in [-0.4, -0.2) is 33.4 Å². The van der Waals surface area contributed by atoms with Crippen molar-refractivity contribution in [2.75, 3.05) is 28.7 Å². The lowest BCUT2D eigenvalue weighted by atomic mass is 10.1. The summed E-state index contributed by atoms with van der Waals surface area (Å²) in [6.45, 7) is 2.22. The van der Waals surface area contributed by atoms with E-state index in [-0.39, 0.29) is 11.5 Å². The summed E-state index contributed by atoms with van der Waals surface area (Å²) in [5, 5.41) is 2.86. The molecule has 0 atom stereocenters. The molecule has 1 amide bonds. The first-order valence-corrected chi connectivity index (χ1v) is 13.6. The van der Waals surface area contributed by atoms with Gasteiger partial charge in [-0.05, 0) is 54.6 Å². The second kappa shape index (κ2) is 11.8. The number of nitrogens with zero attached hydrogens (tertiary/aromatic N) is 1. The van der Waals surface area contributed by atoms with Crippen LogP contribution in [0.15, 0.2) is 51.8 Å². The molecule has 0 heterocycles. The lowest BCUT2D eigenvalue weighted by molar-refractivity contribution is 0.102. The van der Waals surface area contributed by atoms with E-state index in [0.29, 0.717) is 15.8 Å². The maximum Gasteiger partial charge on any atom is 0.257 e. The summed E-state index contributed by atoms with van der Waals surface area (Å²) in [4.78, 5) is 14.0. The fourth-order valence-corrected chi connectivity index (χ4v) is 4.63. The third-order valence-corrected chi connectivity index (χ3v) is 7.45. The molecule has 2 aromatic rings. The van der Waals surface area contributed by atoms with Crippen LogP contribution in [0.1, 0.15) is 49.4 Å². The summed E-state index contributed by atoms with van der Waals surface area (Å²) < 4.78 is 25.7. The molecule has 164 valence electrons. The molecule has 0 saturated carbocycles. The maximum absolute atomic E-state index is 12.8. The van der Waals surface area contributed by atoms with Crippen LogP contribution in [0.25, 0.3) is 0 Å². The van der Waals surface area contributed by atoms with E-state index in [4.69, 9.17) is 0 Å².